The van der Waals surface area contributed by atoms with Gasteiger partial charge in [0.25, 0.3) is 11.5 Å². The number of carbonyl (C=O) groups is 1. The topological polar surface area (TPSA) is 88.5 Å². The molecule has 0 saturated heterocycles. The first kappa shape index (κ1) is 18.2. The van der Waals surface area contributed by atoms with Crippen LogP contribution in [0.15, 0.2) is 64.5 Å². The van der Waals surface area contributed by atoms with Crippen LogP contribution in [-0.2, 0) is 4.79 Å². The van der Waals surface area contributed by atoms with E-state index in [4.69, 9.17) is 4.74 Å². The van der Waals surface area contributed by atoms with Gasteiger partial charge in [-0.05, 0) is 43.7 Å². The molecule has 1 amide bonds. The molecule has 0 bridgehead atoms. The summed E-state index contributed by atoms with van der Waals surface area (Å²) in [6.45, 7) is 3.55. The Kier molecular flexibility index (Phi) is 5.51. The van der Waals surface area contributed by atoms with Crippen molar-refractivity contribution in [2.24, 2.45) is 5.10 Å². The molecule has 1 aromatic heterocycles. The summed E-state index contributed by atoms with van der Waals surface area (Å²) in [5.41, 5.74) is 4.91. The van der Waals surface area contributed by atoms with E-state index in [0.29, 0.717) is 17.0 Å². The largest absolute Gasteiger partial charge is 0.484 e. The number of aromatic amines is 1. The lowest BCUT2D eigenvalue weighted by Gasteiger charge is -2.05. The number of aryl methyl sites for hydroxylation is 2. The summed E-state index contributed by atoms with van der Waals surface area (Å²) in [6, 6.07) is 16.6. The standard InChI is InChI=1S/C20H20N4O3/c1-14-7-6-10-17(11-14)27-13-19(25)22-21-12-18-15(2)23-24(20(18)26)16-8-4-3-5-9-16/h3-12,23H,13H2,1-2H3,(H,22,25)/b21-12-. The van der Waals surface area contributed by atoms with Crippen molar-refractivity contribution in [2.75, 3.05) is 6.61 Å². The lowest BCUT2D eigenvalue weighted by molar-refractivity contribution is -0.123. The summed E-state index contributed by atoms with van der Waals surface area (Å²) in [6.07, 6.45) is 1.33. The SMILES string of the molecule is Cc1cccc(OCC(=O)N/N=C\c2c(C)[nH]n(-c3ccccc3)c2=O)c1. The van der Waals surface area contributed by atoms with Gasteiger partial charge in [-0.3, -0.25) is 14.7 Å². The average molecular weight is 364 g/mol. The number of hydrogen-bond acceptors (Lipinski definition) is 4. The molecule has 0 radical (unpaired) electrons. The average Bonchev–Trinajstić information content (AvgIpc) is 2.95. The van der Waals surface area contributed by atoms with E-state index in [0.717, 1.165) is 11.3 Å². The second-order valence-electron chi connectivity index (χ2n) is 6.02. The Morgan fingerprint density at radius 2 is 1.96 bits per heavy atom. The minimum absolute atomic E-state index is 0.166. The third-order valence-electron chi connectivity index (χ3n) is 3.87. The van der Waals surface area contributed by atoms with Crippen LogP contribution in [-0.4, -0.2) is 28.5 Å². The van der Waals surface area contributed by atoms with E-state index >= 15 is 0 Å². The second-order valence-corrected chi connectivity index (χ2v) is 6.02. The molecule has 0 saturated carbocycles. The quantitative estimate of drug-likeness (QED) is 0.520. The number of amides is 1. The fraction of sp³-hybridized carbons (Fsp3) is 0.150. The molecule has 0 atom stereocenters. The number of nitrogens with zero attached hydrogens (tertiary/aromatic N) is 2. The molecule has 138 valence electrons. The van der Waals surface area contributed by atoms with Crippen LogP contribution in [0.4, 0.5) is 0 Å². The molecule has 27 heavy (non-hydrogen) atoms. The van der Waals surface area contributed by atoms with Crippen LogP contribution in [0, 0.1) is 13.8 Å². The molecule has 0 unspecified atom stereocenters. The van der Waals surface area contributed by atoms with E-state index < -0.39 is 5.91 Å². The number of hydrazone groups is 1. The van der Waals surface area contributed by atoms with Gasteiger partial charge in [0.1, 0.15) is 5.75 Å². The molecule has 2 N–H and O–H groups in total. The zero-order valence-electron chi connectivity index (χ0n) is 15.1. The van der Waals surface area contributed by atoms with E-state index in [2.05, 4.69) is 15.6 Å². The number of nitrogens with one attached hydrogen (secondary N) is 2. The van der Waals surface area contributed by atoms with Crippen LogP contribution in [0.1, 0.15) is 16.8 Å². The van der Waals surface area contributed by atoms with Gasteiger partial charge in [0.05, 0.1) is 17.5 Å². The summed E-state index contributed by atoms with van der Waals surface area (Å²) >= 11 is 0. The van der Waals surface area contributed by atoms with E-state index in [1.165, 1.54) is 10.9 Å². The predicted octanol–water partition coefficient (Wildman–Crippen LogP) is 2.31. The number of carbonyl (C=O) groups excluding carboxylic acids is 1. The Bertz CT molecular complexity index is 1020. The minimum Gasteiger partial charge on any atom is -0.484 e. The lowest BCUT2D eigenvalue weighted by atomic mass is 10.2. The van der Waals surface area contributed by atoms with Crippen LogP contribution < -0.4 is 15.7 Å². The smallest absolute Gasteiger partial charge is 0.280 e. The molecule has 7 nitrogen and oxygen atoms in total. The van der Waals surface area contributed by atoms with Crippen LogP contribution in [0.3, 0.4) is 0 Å². The Hall–Kier alpha value is -3.61. The number of benzene rings is 2. The zero-order valence-corrected chi connectivity index (χ0v) is 15.1. The van der Waals surface area contributed by atoms with E-state index in [-0.39, 0.29) is 12.2 Å². The van der Waals surface area contributed by atoms with Gasteiger partial charge in [-0.25, -0.2) is 10.1 Å². The maximum atomic E-state index is 12.5. The third kappa shape index (κ3) is 4.52. The Balaban J connectivity index is 1.62. The van der Waals surface area contributed by atoms with Crippen molar-refractivity contribution in [3.8, 4) is 11.4 Å². The van der Waals surface area contributed by atoms with Gasteiger partial charge >= 0.3 is 0 Å². The first-order valence-corrected chi connectivity index (χ1v) is 8.43. The maximum absolute atomic E-state index is 12.5. The first-order chi connectivity index (χ1) is 13.0. The fourth-order valence-corrected chi connectivity index (χ4v) is 2.53. The summed E-state index contributed by atoms with van der Waals surface area (Å²) in [5, 5.41) is 6.86. The van der Waals surface area contributed by atoms with Crippen molar-refractivity contribution < 1.29 is 9.53 Å². The van der Waals surface area contributed by atoms with Crippen molar-refractivity contribution in [2.45, 2.75) is 13.8 Å². The van der Waals surface area contributed by atoms with Gasteiger partial charge in [0.15, 0.2) is 6.61 Å². The molecule has 2 aromatic carbocycles. The molecule has 1 heterocycles. The summed E-state index contributed by atoms with van der Waals surface area (Å²) in [7, 11) is 0. The molecule has 0 spiro atoms. The predicted molar refractivity (Wildman–Crippen MR) is 104 cm³/mol. The highest BCUT2D eigenvalue weighted by atomic mass is 16.5. The van der Waals surface area contributed by atoms with Gasteiger partial charge in [-0.2, -0.15) is 5.10 Å². The third-order valence-corrected chi connectivity index (χ3v) is 3.87. The highest BCUT2D eigenvalue weighted by Gasteiger charge is 2.10. The lowest BCUT2D eigenvalue weighted by Crippen LogP contribution is -2.25. The van der Waals surface area contributed by atoms with Gasteiger partial charge in [0, 0.05) is 5.69 Å². The minimum atomic E-state index is -0.413. The molecule has 3 aromatic rings. The van der Waals surface area contributed by atoms with E-state index in [1.807, 2.05) is 55.5 Å². The van der Waals surface area contributed by atoms with Crippen LogP contribution in [0.25, 0.3) is 5.69 Å². The van der Waals surface area contributed by atoms with Crippen molar-refractivity contribution in [1.82, 2.24) is 15.2 Å². The molecule has 0 aliphatic carbocycles. The van der Waals surface area contributed by atoms with E-state index in [1.54, 1.807) is 13.0 Å². The Morgan fingerprint density at radius 1 is 1.19 bits per heavy atom. The molecule has 7 heteroatoms. The number of para-hydroxylation sites is 1. The molecule has 0 aliphatic heterocycles. The van der Waals surface area contributed by atoms with Gasteiger partial charge in [-0.15, -0.1) is 0 Å². The summed E-state index contributed by atoms with van der Waals surface area (Å²) in [5.74, 6) is 0.200. The second kappa shape index (κ2) is 8.18. The zero-order chi connectivity index (χ0) is 19.2. The molecular weight excluding hydrogens is 344 g/mol. The highest BCUT2D eigenvalue weighted by Crippen LogP contribution is 2.11. The summed E-state index contributed by atoms with van der Waals surface area (Å²) in [4.78, 5) is 24.4. The molecule has 0 aliphatic rings. The van der Waals surface area contributed by atoms with Crippen molar-refractivity contribution in [1.29, 1.82) is 0 Å². The van der Waals surface area contributed by atoms with Crippen LogP contribution in [0.2, 0.25) is 0 Å². The van der Waals surface area contributed by atoms with Gasteiger partial charge in [-0.1, -0.05) is 30.3 Å². The maximum Gasteiger partial charge on any atom is 0.280 e. The van der Waals surface area contributed by atoms with Crippen molar-refractivity contribution in [3.63, 3.8) is 0 Å². The van der Waals surface area contributed by atoms with Crippen molar-refractivity contribution >= 4 is 12.1 Å². The number of aromatic nitrogens is 2. The Labute approximate surface area is 156 Å². The molecule has 0 fully saturated rings. The highest BCUT2D eigenvalue weighted by molar-refractivity contribution is 5.83. The van der Waals surface area contributed by atoms with Gasteiger partial charge in [0.2, 0.25) is 0 Å². The monoisotopic (exact) mass is 364 g/mol. The number of ether oxygens (including phenoxy) is 1. The van der Waals surface area contributed by atoms with Crippen LogP contribution in [0.5, 0.6) is 5.75 Å². The van der Waals surface area contributed by atoms with Crippen molar-refractivity contribution in [3.05, 3.63) is 81.8 Å². The van der Waals surface area contributed by atoms with Crippen LogP contribution >= 0.6 is 0 Å². The number of rotatable bonds is 6. The van der Waals surface area contributed by atoms with E-state index in [9.17, 15) is 9.59 Å². The number of hydrogen-bond donors (Lipinski definition) is 2. The number of H-pyrrole nitrogens is 1. The summed E-state index contributed by atoms with van der Waals surface area (Å²) < 4.78 is 6.83. The molecule has 3 rings (SSSR count). The normalized spacial score (nSPS) is 10.9. The fourth-order valence-electron chi connectivity index (χ4n) is 2.53. The first-order valence-electron chi connectivity index (χ1n) is 8.43. The molecular formula is C20H20N4O3. The Morgan fingerprint density at radius 3 is 2.70 bits per heavy atom. The van der Waals surface area contributed by atoms with Gasteiger partial charge < -0.3 is 4.74 Å².